The summed E-state index contributed by atoms with van der Waals surface area (Å²) in [6.07, 6.45) is 4.51. The van der Waals surface area contributed by atoms with Crippen LogP contribution in [0, 0.1) is 12.8 Å². The van der Waals surface area contributed by atoms with Gasteiger partial charge in [-0.1, -0.05) is 0 Å². The van der Waals surface area contributed by atoms with Crippen molar-refractivity contribution in [3.8, 4) is 0 Å². The lowest BCUT2D eigenvalue weighted by molar-refractivity contribution is -0.120. The van der Waals surface area contributed by atoms with Crippen molar-refractivity contribution in [2.75, 3.05) is 31.5 Å². The number of H-pyrrole nitrogens is 1. The number of likely N-dealkylation sites (tertiary alicyclic amines) is 1. The summed E-state index contributed by atoms with van der Waals surface area (Å²) < 4.78 is 27.6. The summed E-state index contributed by atoms with van der Waals surface area (Å²) in [6, 6.07) is 1.40. The van der Waals surface area contributed by atoms with Crippen LogP contribution >= 0.6 is 11.3 Å². The molecular weight excluding hydrogens is 426 g/mol. The molecule has 0 bridgehead atoms. The van der Waals surface area contributed by atoms with Crippen LogP contribution in [0.2, 0.25) is 0 Å². The van der Waals surface area contributed by atoms with Gasteiger partial charge in [0.05, 0.1) is 11.6 Å². The van der Waals surface area contributed by atoms with Crippen molar-refractivity contribution in [3.05, 3.63) is 29.0 Å². The second-order valence-corrected chi connectivity index (χ2v) is 10.5. The van der Waals surface area contributed by atoms with Crippen molar-refractivity contribution in [1.82, 2.24) is 19.2 Å². The quantitative estimate of drug-likeness (QED) is 0.722. The molecule has 2 aromatic heterocycles. The van der Waals surface area contributed by atoms with E-state index in [1.54, 1.807) is 4.90 Å². The minimum Gasteiger partial charge on any atom is -0.356 e. The Kier molecular flexibility index (Phi) is 5.94. The van der Waals surface area contributed by atoms with E-state index in [0.717, 1.165) is 18.5 Å². The number of piperidine rings is 1. The third kappa shape index (κ3) is 4.28. The van der Waals surface area contributed by atoms with Crippen LogP contribution in [0.3, 0.4) is 0 Å². The van der Waals surface area contributed by atoms with Gasteiger partial charge in [0.25, 0.3) is 5.91 Å². The van der Waals surface area contributed by atoms with Crippen molar-refractivity contribution < 1.29 is 18.0 Å². The van der Waals surface area contributed by atoms with Gasteiger partial charge in [-0.15, -0.1) is 11.3 Å². The Morgan fingerprint density at radius 2 is 2.00 bits per heavy atom. The summed E-state index contributed by atoms with van der Waals surface area (Å²) in [4.78, 5) is 33.9. The molecule has 2 aliphatic rings. The highest BCUT2D eigenvalue weighted by atomic mass is 32.2. The molecule has 4 rings (SSSR count). The number of carbonyl (C=O) groups is 2. The Hall–Kier alpha value is -2.24. The van der Waals surface area contributed by atoms with Gasteiger partial charge in [-0.25, -0.2) is 13.4 Å². The Balaban J connectivity index is 1.44. The fourth-order valence-electron chi connectivity index (χ4n) is 3.88. The number of hydrogen-bond acceptors (Lipinski definition) is 6. The standard InChI is InChI=1S/C19H25N5O4S2/c1-13-12-29-19(21-13)22-17(25)14-5-4-8-24(11-14)30(27,28)15-9-16(20-10-15)18(26)23-6-2-3-7-23/h9-10,12,14,20H,2-8,11H2,1H3,(H,21,22,25). The molecule has 2 aliphatic heterocycles. The van der Waals surface area contributed by atoms with Crippen molar-refractivity contribution in [2.45, 2.75) is 37.5 Å². The zero-order chi connectivity index (χ0) is 21.3. The third-order valence-corrected chi connectivity index (χ3v) is 8.24. The highest BCUT2D eigenvalue weighted by molar-refractivity contribution is 7.89. The molecular formula is C19H25N5O4S2. The van der Waals surface area contributed by atoms with Crippen LogP contribution in [0.4, 0.5) is 5.13 Å². The minimum atomic E-state index is -3.80. The van der Waals surface area contributed by atoms with Crippen molar-refractivity contribution in [3.63, 3.8) is 0 Å². The number of sulfonamides is 1. The zero-order valence-corrected chi connectivity index (χ0v) is 18.4. The molecule has 162 valence electrons. The molecule has 2 saturated heterocycles. The second-order valence-electron chi connectivity index (χ2n) is 7.73. The molecule has 9 nitrogen and oxygen atoms in total. The number of nitrogens with one attached hydrogen (secondary N) is 2. The highest BCUT2D eigenvalue weighted by Crippen LogP contribution is 2.26. The van der Waals surface area contributed by atoms with Gasteiger partial charge in [-0.05, 0) is 38.7 Å². The maximum atomic E-state index is 13.1. The average molecular weight is 452 g/mol. The minimum absolute atomic E-state index is 0.0571. The number of aromatic nitrogens is 2. The Morgan fingerprint density at radius 1 is 1.23 bits per heavy atom. The van der Waals surface area contributed by atoms with Gasteiger partial charge >= 0.3 is 0 Å². The number of aryl methyl sites for hydroxylation is 1. The second kappa shape index (κ2) is 8.48. The number of nitrogens with zero attached hydrogens (tertiary/aromatic N) is 3. The lowest BCUT2D eigenvalue weighted by Crippen LogP contribution is -2.43. The summed E-state index contributed by atoms with van der Waals surface area (Å²) in [6.45, 7) is 3.70. The summed E-state index contributed by atoms with van der Waals surface area (Å²) >= 11 is 1.35. The lowest BCUT2D eigenvalue weighted by Gasteiger charge is -2.30. The first kappa shape index (κ1) is 21.0. The first-order valence-corrected chi connectivity index (χ1v) is 12.4. The molecule has 11 heteroatoms. The van der Waals surface area contributed by atoms with Gasteiger partial charge in [-0.2, -0.15) is 4.31 Å². The molecule has 0 saturated carbocycles. The molecule has 2 amide bonds. The molecule has 4 heterocycles. The van der Waals surface area contributed by atoms with Crippen LogP contribution in [0.15, 0.2) is 22.5 Å². The molecule has 2 N–H and O–H groups in total. The molecule has 1 atom stereocenters. The number of thiazole rings is 1. The topological polar surface area (TPSA) is 115 Å². The molecule has 2 aromatic rings. The van der Waals surface area contributed by atoms with E-state index in [-0.39, 0.29) is 28.9 Å². The maximum absolute atomic E-state index is 13.1. The molecule has 0 aliphatic carbocycles. The number of amides is 2. The first-order chi connectivity index (χ1) is 14.3. The van der Waals surface area contributed by atoms with Crippen LogP contribution < -0.4 is 5.32 Å². The van der Waals surface area contributed by atoms with Crippen LogP contribution in [0.25, 0.3) is 0 Å². The van der Waals surface area contributed by atoms with E-state index in [1.807, 2.05) is 12.3 Å². The Morgan fingerprint density at radius 3 is 2.70 bits per heavy atom. The van der Waals surface area contributed by atoms with Gasteiger partial charge in [-0.3, -0.25) is 9.59 Å². The molecule has 0 radical (unpaired) electrons. The average Bonchev–Trinajstić information content (AvgIpc) is 3.50. The third-order valence-electron chi connectivity index (χ3n) is 5.52. The van der Waals surface area contributed by atoms with Gasteiger partial charge < -0.3 is 15.2 Å². The normalized spacial score (nSPS) is 20.4. The largest absolute Gasteiger partial charge is 0.356 e. The number of hydrogen-bond donors (Lipinski definition) is 2. The SMILES string of the molecule is Cc1csc(NC(=O)C2CCCN(S(=O)(=O)c3c[nH]c(C(=O)N4CCCC4)c3)C2)n1. The van der Waals surface area contributed by atoms with E-state index in [4.69, 9.17) is 0 Å². The number of carbonyl (C=O) groups excluding carboxylic acids is 2. The monoisotopic (exact) mass is 451 g/mol. The van der Waals surface area contributed by atoms with Crippen molar-refractivity contribution in [2.24, 2.45) is 5.92 Å². The van der Waals surface area contributed by atoms with E-state index in [0.29, 0.717) is 37.6 Å². The van der Waals surface area contributed by atoms with Crippen LogP contribution in [-0.4, -0.2) is 65.6 Å². The van der Waals surface area contributed by atoms with E-state index in [9.17, 15) is 18.0 Å². The Labute approximate surface area is 179 Å². The molecule has 2 fully saturated rings. The molecule has 0 aromatic carbocycles. The van der Waals surface area contributed by atoms with E-state index < -0.39 is 15.9 Å². The van der Waals surface area contributed by atoms with Gasteiger partial charge in [0.2, 0.25) is 15.9 Å². The number of aromatic amines is 1. The molecule has 0 spiro atoms. The molecule has 30 heavy (non-hydrogen) atoms. The summed E-state index contributed by atoms with van der Waals surface area (Å²) in [5, 5.41) is 5.15. The fraction of sp³-hybridized carbons (Fsp3) is 0.526. The fourth-order valence-corrected chi connectivity index (χ4v) is 6.09. The van der Waals surface area contributed by atoms with E-state index in [2.05, 4.69) is 15.3 Å². The predicted molar refractivity (Wildman–Crippen MR) is 113 cm³/mol. The van der Waals surface area contributed by atoms with Gasteiger partial charge in [0.15, 0.2) is 5.13 Å². The summed E-state index contributed by atoms with van der Waals surface area (Å²) in [7, 11) is -3.80. The van der Waals surface area contributed by atoms with Crippen LogP contribution in [-0.2, 0) is 14.8 Å². The molecule has 1 unspecified atom stereocenters. The van der Waals surface area contributed by atoms with Gasteiger partial charge in [0.1, 0.15) is 10.6 Å². The number of anilines is 1. The zero-order valence-electron chi connectivity index (χ0n) is 16.8. The predicted octanol–water partition coefficient (Wildman–Crippen LogP) is 2.06. The highest BCUT2D eigenvalue weighted by Gasteiger charge is 2.34. The van der Waals surface area contributed by atoms with Crippen molar-refractivity contribution in [1.29, 1.82) is 0 Å². The van der Waals surface area contributed by atoms with E-state index in [1.165, 1.54) is 27.9 Å². The smallest absolute Gasteiger partial charge is 0.270 e. The lowest BCUT2D eigenvalue weighted by atomic mass is 9.99. The first-order valence-electron chi connectivity index (χ1n) is 10.1. The van der Waals surface area contributed by atoms with E-state index >= 15 is 0 Å². The Bertz CT molecular complexity index is 1040. The maximum Gasteiger partial charge on any atom is 0.270 e. The van der Waals surface area contributed by atoms with Crippen LogP contribution in [0.1, 0.15) is 41.9 Å². The number of rotatable bonds is 5. The van der Waals surface area contributed by atoms with Crippen LogP contribution in [0.5, 0.6) is 0 Å². The van der Waals surface area contributed by atoms with Crippen molar-refractivity contribution >= 4 is 38.3 Å². The van der Waals surface area contributed by atoms with Gasteiger partial charge in [0, 0.05) is 37.8 Å². The summed E-state index contributed by atoms with van der Waals surface area (Å²) in [5.41, 5.74) is 1.11. The summed E-state index contributed by atoms with van der Waals surface area (Å²) in [5.74, 6) is -0.839.